The maximum absolute atomic E-state index is 12.2. The molecule has 2 atom stereocenters. The quantitative estimate of drug-likeness (QED) is 0.588. The van der Waals surface area contributed by atoms with Gasteiger partial charge in [-0.05, 0) is 24.1 Å². The third-order valence-corrected chi connectivity index (χ3v) is 3.66. The number of nitrogens with one attached hydrogen (secondary N) is 2. The van der Waals surface area contributed by atoms with E-state index in [1.54, 1.807) is 12.1 Å². The molecule has 4 nitrogen and oxygen atoms in total. The number of para-hydroxylation sites is 1. The highest BCUT2D eigenvalue weighted by Crippen LogP contribution is 2.40. The van der Waals surface area contributed by atoms with E-state index in [9.17, 15) is 4.79 Å². The maximum atomic E-state index is 12.2. The largest absolute Gasteiger partial charge is 0.349 e. The van der Waals surface area contributed by atoms with Gasteiger partial charge in [0.25, 0.3) is 5.91 Å². The number of hydrogen-bond donors (Lipinski definition) is 3. The molecule has 3 rings (SSSR count). The van der Waals surface area contributed by atoms with Crippen LogP contribution in [0, 0.1) is 0 Å². The molecule has 1 aliphatic rings. The summed E-state index contributed by atoms with van der Waals surface area (Å²) in [4.78, 5) is 12.2. The fourth-order valence-electron chi connectivity index (χ4n) is 2.48. The van der Waals surface area contributed by atoms with E-state index in [-0.39, 0.29) is 11.9 Å². The highest BCUT2D eigenvalue weighted by atomic mass is 16.1. The lowest BCUT2D eigenvalue weighted by atomic mass is 10.1. The molecule has 2 aromatic rings. The van der Waals surface area contributed by atoms with Crippen LogP contribution in [0.1, 0.15) is 28.3 Å². The molecule has 4 N–H and O–H groups in total. The van der Waals surface area contributed by atoms with Gasteiger partial charge in [-0.15, -0.1) is 0 Å². The van der Waals surface area contributed by atoms with Gasteiger partial charge < -0.3 is 10.7 Å². The van der Waals surface area contributed by atoms with Crippen LogP contribution >= 0.6 is 0 Å². The van der Waals surface area contributed by atoms with Crippen molar-refractivity contribution in [2.24, 2.45) is 5.84 Å². The Hall–Kier alpha value is -2.33. The monoisotopic (exact) mass is 267 g/mol. The summed E-state index contributed by atoms with van der Waals surface area (Å²) >= 11 is 0. The summed E-state index contributed by atoms with van der Waals surface area (Å²) in [6.07, 6.45) is 0.994. The zero-order chi connectivity index (χ0) is 13.9. The van der Waals surface area contributed by atoms with E-state index in [0.717, 1.165) is 6.42 Å². The molecule has 0 spiro atoms. The van der Waals surface area contributed by atoms with E-state index < -0.39 is 0 Å². The van der Waals surface area contributed by atoms with Crippen molar-refractivity contribution in [1.82, 2.24) is 5.32 Å². The predicted octanol–water partition coefficient (Wildman–Crippen LogP) is 2.26. The van der Waals surface area contributed by atoms with Crippen LogP contribution in [0.4, 0.5) is 5.69 Å². The number of hydrogen-bond acceptors (Lipinski definition) is 3. The van der Waals surface area contributed by atoms with Gasteiger partial charge in [0.1, 0.15) is 0 Å². The second-order valence-electron chi connectivity index (χ2n) is 5.02. The van der Waals surface area contributed by atoms with Crippen LogP contribution in [-0.2, 0) is 0 Å². The number of amides is 1. The molecule has 1 fully saturated rings. The summed E-state index contributed by atoms with van der Waals surface area (Å²) < 4.78 is 0. The molecule has 20 heavy (non-hydrogen) atoms. The second-order valence-corrected chi connectivity index (χ2v) is 5.02. The smallest absolute Gasteiger partial charge is 0.253 e. The summed E-state index contributed by atoms with van der Waals surface area (Å²) in [5.74, 6) is 5.77. The Morgan fingerprint density at radius 1 is 1.05 bits per heavy atom. The summed E-state index contributed by atoms with van der Waals surface area (Å²) in [6, 6.07) is 17.7. The van der Waals surface area contributed by atoms with Crippen molar-refractivity contribution in [2.45, 2.75) is 18.4 Å². The molecule has 0 aromatic heterocycles. The molecule has 2 unspecified atom stereocenters. The van der Waals surface area contributed by atoms with Crippen LogP contribution in [0.15, 0.2) is 54.6 Å². The minimum absolute atomic E-state index is 0.0815. The van der Waals surface area contributed by atoms with Gasteiger partial charge in [0.2, 0.25) is 0 Å². The first kappa shape index (κ1) is 12.7. The average Bonchev–Trinajstić information content (AvgIpc) is 3.27. The van der Waals surface area contributed by atoms with Gasteiger partial charge in [0.05, 0.1) is 11.3 Å². The van der Waals surface area contributed by atoms with Crippen molar-refractivity contribution in [3.8, 4) is 0 Å². The number of hydrazine groups is 1. The molecule has 102 valence electrons. The molecular formula is C16H17N3O. The molecule has 4 heteroatoms. The van der Waals surface area contributed by atoms with E-state index in [2.05, 4.69) is 22.9 Å². The Morgan fingerprint density at radius 2 is 1.75 bits per heavy atom. The van der Waals surface area contributed by atoms with Gasteiger partial charge in [-0.2, -0.15) is 0 Å². The Kier molecular flexibility index (Phi) is 3.39. The van der Waals surface area contributed by atoms with Crippen molar-refractivity contribution in [3.63, 3.8) is 0 Å². The van der Waals surface area contributed by atoms with Crippen molar-refractivity contribution in [2.75, 3.05) is 5.43 Å². The minimum atomic E-state index is -0.0815. The van der Waals surface area contributed by atoms with Crippen molar-refractivity contribution < 1.29 is 4.79 Å². The molecule has 0 aliphatic heterocycles. The van der Waals surface area contributed by atoms with Crippen molar-refractivity contribution in [3.05, 3.63) is 65.7 Å². The zero-order valence-electron chi connectivity index (χ0n) is 11.0. The van der Waals surface area contributed by atoms with Gasteiger partial charge >= 0.3 is 0 Å². The number of benzene rings is 2. The molecular weight excluding hydrogens is 250 g/mol. The van der Waals surface area contributed by atoms with Gasteiger partial charge in [0.15, 0.2) is 0 Å². The predicted molar refractivity (Wildman–Crippen MR) is 79.3 cm³/mol. The van der Waals surface area contributed by atoms with E-state index in [4.69, 9.17) is 5.84 Å². The number of anilines is 1. The summed E-state index contributed by atoms with van der Waals surface area (Å²) in [6.45, 7) is 0. The number of nitrogens with two attached hydrogens (primary N) is 1. The maximum Gasteiger partial charge on any atom is 0.253 e. The number of carbonyl (C=O) groups excluding carboxylic acids is 1. The molecule has 1 saturated carbocycles. The van der Waals surface area contributed by atoms with Gasteiger partial charge in [0, 0.05) is 12.0 Å². The van der Waals surface area contributed by atoms with E-state index >= 15 is 0 Å². The molecule has 2 aromatic carbocycles. The topological polar surface area (TPSA) is 67.1 Å². The molecule has 0 saturated heterocycles. The summed E-state index contributed by atoms with van der Waals surface area (Å²) in [5, 5.41) is 3.06. The molecule has 0 radical (unpaired) electrons. The van der Waals surface area contributed by atoms with Crippen LogP contribution in [0.5, 0.6) is 0 Å². The Balaban J connectivity index is 1.67. The fraction of sp³-hybridized carbons (Fsp3) is 0.188. The lowest BCUT2D eigenvalue weighted by Crippen LogP contribution is -2.28. The second kappa shape index (κ2) is 5.35. The third kappa shape index (κ3) is 2.51. The van der Waals surface area contributed by atoms with Crippen LogP contribution in [-0.4, -0.2) is 11.9 Å². The van der Waals surface area contributed by atoms with E-state index in [1.165, 1.54) is 5.56 Å². The van der Waals surface area contributed by atoms with Crippen LogP contribution < -0.4 is 16.6 Å². The van der Waals surface area contributed by atoms with Crippen molar-refractivity contribution >= 4 is 11.6 Å². The molecule has 0 bridgehead atoms. The Labute approximate surface area is 118 Å². The number of rotatable bonds is 4. The van der Waals surface area contributed by atoms with Crippen LogP contribution in [0.2, 0.25) is 0 Å². The lowest BCUT2D eigenvalue weighted by Gasteiger charge is -2.09. The fourth-order valence-corrected chi connectivity index (χ4v) is 2.48. The van der Waals surface area contributed by atoms with E-state index in [0.29, 0.717) is 17.2 Å². The average molecular weight is 267 g/mol. The molecule has 1 aliphatic carbocycles. The molecule has 0 heterocycles. The van der Waals surface area contributed by atoms with Crippen LogP contribution in [0.3, 0.4) is 0 Å². The normalized spacial score (nSPS) is 20.2. The third-order valence-electron chi connectivity index (χ3n) is 3.66. The first-order valence-electron chi connectivity index (χ1n) is 6.71. The van der Waals surface area contributed by atoms with Gasteiger partial charge in [-0.25, -0.2) is 0 Å². The van der Waals surface area contributed by atoms with Crippen LogP contribution in [0.25, 0.3) is 0 Å². The highest BCUT2D eigenvalue weighted by Gasteiger charge is 2.39. The zero-order valence-corrected chi connectivity index (χ0v) is 11.0. The van der Waals surface area contributed by atoms with Gasteiger partial charge in [-0.3, -0.25) is 10.6 Å². The van der Waals surface area contributed by atoms with Crippen molar-refractivity contribution in [1.29, 1.82) is 0 Å². The standard InChI is InChI=1S/C16H17N3O/c17-19-14-9-5-4-8-12(14)16(20)18-15-10-13(15)11-6-2-1-3-7-11/h1-9,13,15,19H,10,17H2,(H,18,20). The number of carbonyl (C=O) groups is 1. The molecule has 1 amide bonds. The summed E-state index contributed by atoms with van der Waals surface area (Å²) in [5.41, 5.74) is 5.05. The first-order chi connectivity index (χ1) is 9.79. The van der Waals surface area contributed by atoms with E-state index in [1.807, 2.05) is 30.3 Å². The Bertz CT molecular complexity index is 612. The summed E-state index contributed by atoms with van der Waals surface area (Å²) in [7, 11) is 0. The SMILES string of the molecule is NNc1ccccc1C(=O)NC1CC1c1ccccc1. The highest BCUT2D eigenvalue weighted by molar-refractivity contribution is 5.99. The number of nitrogen functional groups attached to an aromatic ring is 1. The first-order valence-corrected chi connectivity index (χ1v) is 6.71. The van der Waals surface area contributed by atoms with Gasteiger partial charge in [-0.1, -0.05) is 42.5 Å². The minimum Gasteiger partial charge on any atom is -0.349 e. The lowest BCUT2D eigenvalue weighted by molar-refractivity contribution is 0.0951. The Morgan fingerprint density at radius 3 is 2.50 bits per heavy atom.